The number of nitrogen functional groups attached to an aromatic ring is 1. The van der Waals surface area contributed by atoms with Crippen molar-refractivity contribution >= 4 is 23.3 Å². The molecule has 0 aliphatic heterocycles. The molecular formula is C7H7N7O2S. The van der Waals surface area contributed by atoms with Gasteiger partial charge in [0.25, 0.3) is 5.69 Å². The first-order chi connectivity index (χ1) is 8.06. The second kappa shape index (κ2) is 4.33. The van der Waals surface area contributed by atoms with E-state index in [-0.39, 0.29) is 11.5 Å². The SMILES string of the molecule is Cn1nnnc1Sc1cc([N+](=O)[O-])cc(N)n1. The van der Waals surface area contributed by atoms with Gasteiger partial charge in [0.05, 0.1) is 11.0 Å². The Morgan fingerprint density at radius 1 is 1.53 bits per heavy atom. The fraction of sp³-hybridized carbons (Fsp3) is 0.143. The highest BCUT2D eigenvalue weighted by Crippen LogP contribution is 2.27. The van der Waals surface area contributed by atoms with E-state index < -0.39 is 4.92 Å². The van der Waals surface area contributed by atoms with Gasteiger partial charge in [-0.25, -0.2) is 9.67 Å². The molecule has 2 aromatic rings. The monoisotopic (exact) mass is 253 g/mol. The van der Waals surface area contributed by atoms with E-state index in [1.807, 2.05) is 0 Å². The van der Waals surface area contributed by atoms with Crippen LogP contribution in [0.2, 0.25) is 0 Å². The molecule has 0 radical (unpaired) electrons. The van der Waals surface area contributed by atoms with Gasteiger partial charge in [0.1, 0.15) is 10.8 Å². The van der Waals surface area contributed by atoms with Gasteiger partial charge < -0.3 is 5.73 Å². The molecule has 2 aromatic heterocycles. The van der Waals surface area contributed by atoms with Crippen LogP contribution >= 0.6 is 11.8 Å². The Morgan fingerprint density at radius 3 is 2.88 bits per heavy atom. The van der Waals surface area contributed by atoms with Gasteiger partial charge in [0.15, 0.2) is 0 Å². The third-order valence-electron chi connectivity index (χ3n) is 1.79. The summed E-state index contributed by atoms with van der Waals surface area (Å²) >= 11 is 1.10. The van der Waals surface area contributed by atoms with Gasteiger partial charge in [-0.1, -0.05) is 0 Å². The van der Waals surface area contributed by atoms with Crippen molar-refractivity contribution in [1.29, 1.82) is 0 Å². The molecule has 0 aliphatic rings. The highest BCUT2D eigenvalue weighted by Gasteiger charge is 2.13. The molecule has 88 valence electrons. The van der Waals surface area contributed by atoms with Crippen LogP contribution in [-0.2, 0) is 7.05 Å². The van der Waals surface area contributed by atoms with E-state index in [0.29, 0.717) is 10.2 Å². The van der Waals surface area contributed by atoms with Crippen molar-refractivity contribution in [3.63, 3.8) is 0 Å². The third-order valence-corrected chi connectivity index (χ3v) is 2.74. The Kier molecular flexibility index (Phi) is 2.87. The minimum Gasteiger partial charge on any atom is -0.383 e. The van der Waals surface area contributed by atoms with Gasteiger partial charge in [-0.15, -0.1) is 5.10 Å². The summed E-state index contributed by atoms with van der Waals surface area (Å²) < 4.78 is 1.43. The zero-order valence-corrected chi connectivity index (χ0v) is 9.46. The molecule has 2 heterocycles. The fourth-order valence-corrected chi connectivity index (χ4v) is 1.83. The summed E-state index contributed by atoms with van der Waals surface area (Å²) in [7, 11) is 1.66. The van der Waals surface area contributed by atoms with E-state index >= 15 is 0 Å². The van der Waals surface area contributed by atoms with Crippen molar-refractivity contribution in [1.82, 2.24) is 25.2 Å². The summed E-state index contributed by atoms with van der Waals surface area (Å²) in [4.78, 5) is 14.1. The minimum absolute atomic E-state index is 0.0804. The number of hydrogen-bond donors (Lipinski definition) is 1. The fourth-order valence-electron chi connectivity index (χ4n) is 1.07. The molecule has 0 aromatic carbocycles. The number of nitrogens with two attached hydrogens (primary N) is 1. The van der Waals surface area contributed by atoms with Crippen molar-refractivity contribution in [3.8, 4) is 0 Å². The number of aryl methyl sites for hydroxylation is 1. The zero-order valence-electron chi connectivity index (χ0n) is 8.64. The molecule has 0 fully saturated rings. The lowest BCUT2D eigenvalue weighted by molar-refractivity contribution is -0.385. The second-order valence-corrected chi connectivity index (χ2v) is 4.02. The van der Waals surface area contributed by atoms with Crippen molar-refractivity contribution in [3.05, 3.63) is 22.2 Å². The molecule has 0 spiro atoms. The first-order valence-corrected chi connectivity index (χ1v) is 5.20. The first kappa shape index (κ1) is 11.3. The smallest absolute Gasteiger partial charge is 0.275 e. The molecule has 17 heavy (non-hydrogen) atoms. The second-order valence-electron chi connectivity index (χ2n) is 3.03. The summed E-state index contributed by atoms with van der Waals surface area (Å²) in [6, 6.07) is 2.51. The van der Waals surface area contributed by atoms with E-state index in [9.17, 15) is 10.1 Å². The zero-order chi connectivity index (χ0) is 12.4. The van der Waals surface area contributed by atoms with Crippen LogP contribution in [0.15, 0.2) is 22.3 Å². The van der Waals surface area contributed by atoms with Gasteiger partial charge in [0, 0.05) is 13.1 Å². The van der Waals surface area contributed by atoms with E-state index in [2.05, 4.69) is 20.5 Å². The molecule has 0 amide bonds. The Bertz CT molecular complexity index is 569. The average Bonchev–Trinajstić information content (AvgIpc) is 2.63. The highest BCUT2D eigenvalue weighted by atomic mass is 32.2. The molecule has 0 saturated heterocycles. The maximum absolute atomic E-state index is 10.6. The van der Waals surface area contributed by atoms with Crippen LogP contribution in [0.5, 0.6) is 0 Å². The Hall–Kier alpha value is -2.23. The first-order valence-electron chi connectivity index (χ1n) is 4.38. The topological polar surface area (TPSA) is 126 Å². The van der Waals surface area contributed by atoms with Crippen molar-refractivity contribution in [2.75, 3.05) is 5.73 Å². The van der Waals surface area contributed by atoms with Crippen LogP contribution in [0.4, 0.5) is 11.5 Å². The van der Waals surface area contributed by atoms with Crippen LogP contribution in [-0.4, -0.2) is 30.1 Å². The van der Waals surface area contributed by atoms with E-state index in [1.54, 1.807) is 7.05 Å². The number of pyridine rings is 1. The Labute approximate surface area is 99.2 Å². The lowest BCUT2D eigenvalue weighted by atomic mass is 10.4. The van der Waals surface area contributed by atoms with Gasteiger partial charge >= 0.3 is 0 Å². The van der Waals surface area contributed by atoms with E-state index in [0.717, 1.165) is 11.8 Å². The lowest BCUT2D eigenvalue weighted by Crippen LogP contribution is -1.97. The number of aromatic nitrogens is 5. The van der Waals surface area contributed by atoms with Gasteiger partial charge in [0.2, 0.25) is 5.16 Å². The molecule has 0 unspecified atom stereocenters. The van der Waals surface area contributed by atoms with Crippen molar-refractivity contribution < 1.29 is 4.92 Å². The summed E-state index contributed by atoms with van der Waals surface area (Å²) in [5, 5.41) is 22.3. The molecule has 0 atom stereocenters. The molecule has 10 heteroatoms. The van der Waals surface area contributed by atoms with Gasteiger partial charge in [-0.2, -0.15) is 0 Å². The van der Waals surface area contributed by atoms with Crippen LogP contribution in [0.25, 0.3) is 0 Å². The van der Waals surface area contributed by atoms with Crippen molar-refractivity contribution in [2.45, 2.75) is 10.2 Å². The molecule has 9 nitrogen and oxygen atoms in total. The number of nitro groups is 1. The molecular weight excluding hydrogens is 246 g/mol. The number of nitrogens with zero attached hydrogens (tertiary/aromatic N) is 6. The van der Waals surface area contributed by atoms with E-state index in [4.69, 9.17) is 5.73 Å². The van der Waals surface area contributed by atoms with Crippen LogP contribution in [0, 0.1) is 10.1 Å². The Balaban J connectivity index is 2.33. The average molecular weight is 253 g/mol. The summed E-state index contributed by atoms with van der Waals surface area (Å²) in [5.74, 6) is 0.0804. The summed E-state index contributed by atoms with van der Waals surface area (Å²) in [6.45, 7) is 0. The Morgan fingerprint density at radius 2 is 2.29 bits per heavy atom. The largest absolute Gasteiger partial charge is 0.383 e. The predicted molar refractivity (Wildman–Crippen MR) is 58.2 cm³/mol. The van der Waals surface area contributed by atoms with Gasteiger partial charge in [-0.3, -0.25) is 10.1 Å². The number of anilines is 1. The summed E-state index contributed by atoms with van der Waals surface area (Å²) in [6.07, 6.45) is 0. The van der Waals surface area contributed by atoms with E-state index in [1.165, 1.54) is 16.8 Å². The maximum atomic E-state index is 10.6. The normalized spacial score (nSPS) is 10.4. The quantitative estimate of drug-likeness (QED) is 0.609. The van der Waals surface area contributed by atoms with Crippen LogP contribution in [0.1, 0.15) is 0 Å². The molecule has 0 bridgehead atoms. The molecule has 0 aliphatic carbocycles. The van der Waals surface area contributed by atoms with Crippen LogP contribution in [0.3, 0.4) is 0 Å². The molecule has 0 saturated carbocycles. The minimum atomic E-state index is -0.531. The summed E-state index contributed by atoms with van der Waals surface area (Å²) in [5.41, 5.74) is 5.36. The van der Waals surface area contributed by atoms with Gasteiger partial charge in [-0.05, 0) is 22.2 Å². The number of tetrazole rings is 1. The maximum Gasteiger partial charge on any atom is 0.275 e. The van der Waals surface area contributed by atoms with Crippen molar-refractivity contribution in [2.24, 2.45) is 7.05 Å². The number of hydrogen-bond acceptors (Lipinski definition) is 8. The molecule has 2 N–H and O–H groups in total. The third kappa shape index (κ3) is 2.47. The lowest BCUT2D eigenvalue weighted by Gasteiger charge is -2.00. The number of rotatable bonds is 3. The highest BCUT2D eigenvalue weighted by molar-refractivity contribution is 7.99. The van der Waals surface area contributed by atoms with Crippen LogP contribution < -0.4 is 5.73 Å². The molecule has 2 rings (SSSR count). The standard InChI is InChI=1S/C7H7N7O2S/c1-13-7(10-11-12-13)17-6-3-4(14(15)16)2-5(8)9-6/h2-3H,1H3,(H2,8,9). The predicted octanol–water partition coefficient (Wildman–Crippen LogP) is 0.247.